The number of nitrogens with one attached hydrogen (secondary N) is 1. The molecule has 144 valence electrons. The molecule has 27 heavy (non-hydrogen) atoms. The van der Waals surface area contributed by atoms with Gasteiger partial charge in [-0.15, -0.1) is 0 Å². The van der Waals surface area contributed by atoms with Crippen molar-refractivity contribution in [3.05, 3.63) is 65.2 Å². The van der Waals surface area contributed by atoms with Crippen molar-refractivity contribution in [3.8, 4) is 0 Å². The number of sulfonamides is 1. The van der Waals surface area contributed by atoms with Crippen LogP contribution in [-0.2, 0) is 10.0 Å². The summed E-state index contributed by atoms with van der Waals surface area (Å²) in [5.41, 5.74) is 2.33. The van der Waals surface area contributed by atoms with Crippen LogP contribution in [0.15, 0.2) is 53.4 Å². The molecule has 5 nitrogen and oxygen atoms in total. The maximum atomic E-state index is 12.8. The van der Waals surface area contributed by atoms with E-state index in [0.717, 1.165) is 24.0 Å². The van der Waals surface area contributed by atoms with Gasteiger partial charge in [-0.25, -0.2) is 8.42 Å². The van der Waals surface area contributed by atoms with Crippen LogP contribution in [0.5, 0.6) is 0 Å². The lowest BCUT2D eigenvalue weighted by molar-refractivity contribution is 0.0951. The van der Waals surface area contributed by atoms with E-state index in [1.165, 1.54) is 10.4 Å². The second-order valence-electron chi connectivity index (χ2n) is 7.11. The summed E-state index contributed by atoms with van der Waals surface area (Å²) in [7, 11) is -3.53. The molecule has 1 amide bonds. The molecule has 1 saturated heterocycles. The van der Waals surface area contributed by atoms with Crippen molar-refractivity contribution >= 4 is 15.9 Å². The lowest BCUT2D eigenvalue weighted by atomic mass is 10.0. The van der Waals surface area contributed by atoms with Gasteiger partial charge in [0.25, 0.3) is 5.91 Å². The quantitative estimate of drug-likeness (QED) is 0.828. The molecular weight excluding hydrogens is 360 g/mol. The maximum absolute atomic E-state index is 12.8. The van der Waals surface area contributed by atoms with E-state index in [1.807, 2.05) is 37.3 Å². The van der Waals surface area contributed by atoms with Gasteiger partial charge in [-0.2, -0.15) is 4.31 Å². The van der Waals surface area contributed by atoms with Crippen LogP contribution in [0.3, 0.4) is 0 Å². The first-order valence-corrected chi connectivity index (χ1v) is 10.8. The average Bonchev–Trinajstić information content (AvgIpc) is 3.22. The van der Waals surface area contributed by atoms with Crippen LogP contribution in [0.25, 0.3) is 0 Å². The molecule has 1 aliphatic rings. The average molecular weight is 387 g/mol. The molecule has 1 atom stereocenters. The summed E-state index contributed by atoms with van der Waals surface area (Å²) < 4.78 is 27.0. The van der Waals surface area contributed by atoms with Gasteiger partial charge in [0.2, 0.25) is 10.0 Å². The van der Waals surface area contributed by atoms with Crippen LogP contribution in [0, 0.1) is 6.92 Å². The third-order valence-electron chi connectivity index (χ3n) is 5.09. The Hall–Kier alpha value is -2.18. The molecular formula is C21H26N2O3S. The molecule has 1 heterocycles. The van der Waals surface area contributed by atoms with Gasteiger partial charge in [0.1, 0.15) is 0 Å². The molecule has 0 radical (unpaired) electrons. The highest BCUT2D eigenvalue weighted by Crippen LogP contribution is 2.23. The Morgan fingerprint density at radius 2 is 1.78 bits per heavy atom. The Morgan fingerprint density at radius 3 is 2.44 bits per heavy atom. The molecule has 0 aliphatic carbocycles. The number of benzene rings is 2. The number of rotatable bonds is 6. The molecule has 3 rings (SSSR count). The summed E-state index contributed by atoms with van der Waals surface area (Å²) in [5.74, 6) is -0.0688. The predicted octanol–water partition coefficient (Wildman–Crippen LogP) is 3.31. The number of hydrogen-bond donors (Lipinski definition) is 1. The molecule has 1 N–H and O–H groups in total. The Labute approximate surface area is 161 Å². The maximum Gasteiger partial charge on any atom is 0.251 e. The van der Waals surface area contributed by atoms with Crippen molar-refractivity contribution in [1.82, 2.24) is 9.62 Å². The number of carbonyl (C=O) groups excluding carboxylic acids is 1. The van der Waals surface area contributed by atoms with Gasteiger partial charge in [-0.1, -0.05) is 43.3 Å². The van der Waals surface area contributed by atoms with Crippen molar-refractivity contribution in [2.75, 3.05) is 19.6 Å². The monoisotopic (exact) mass is 386 g/mol. The highest BCUT2D eigenvalue weighted by atomic mass is 32.2. The van der Waals surface area contributed by atoms with E-state index in [1.54, 1.807) is 12.1 Å². The Morgan fingerprint density at radius 1 is 1.11 bits per heavy atom. The molecule has 0 saturated carbocycles. The zero-order chi connectivity index (χ0) is 19.4. The summed E-state index contributed by atoms with van der Waals surface area (Å²) in [6, 6.07) is 14.8. The first kappa shape index (κ1) is 19.6. The smallest absolute Gasteiger partial charge is 0.251 e. The van der Waals surface area contributed by atoms with Crippen LogP contribution < -0.4 is 5.32 Å². The number of aryl methyl sites for hydroxylation is 1. The highest BCUT2D eigenvalue weighted by molar-refractivity contribution is 7.89. The summed E-state index contributed by atoms with van der Waals surface area (Å²) in [5, 5.41) is 2.94. The van der Waals surface area contributed by atoms with Gasteiger partial charge in [0.05, 0.1) is 4.90 Å². The van der Waals surface area contributed by atoms with Crippen molar-refractivity contribution in [2.45, 2.75) is 37.5 Å². The van der Waals surface area contributed by atoms with Crippen LogP contribution in [0.2, 0.25) is 0 Å². The van der Waals surface area contributed by atoms with Crippen molar-refractivity contribution < 1.29 is 13.2 Å². The number of hydrogen-bond acceptors (Lipinski definition) is 3. The zero-order valence-corrected chi connectivity index (χ0v) is 16.6. The molecule has 0 aromatic heterocycles. The fraction of sp³-hybridized carbons (Fsp3) is 0.381. The van der Waals surface area contributed by atoms with Gasteiger partial charge in [-0.05, 0) is 48.9 Å². The summed E-state index contributed by atoms with van der Waals surface area (Å²) in [6.07, 6.45) is 1.77. The van der Waals surface area contributed by atoms with E-state index >= 15 is 0 Å². The fourth-order valence-corrected chi connectivity index (χ4v) is 4.87. The van der Waals surface area contributed by atoms with Gasteiger partial charge < -0.3 is 5.32 Å². The molecule has 1 fully saturated rings. The van der Waals surface area contributed by atoms with Crippen molar-refractivity contribution in [3.63, 3.8) is 0 Å². The van der Waals surface area contributed by atoms with Crippen LogP contribution in [0.4, 0.5) is 0 Å². The lowest BCUT2D eigenvalue weighted by Gasteiger charge is -2.17. The number of amides is 1. The molecule has 6 heteroatoms. The van der Waals surface area contributed by atoms with Crippen LogP contribution in [0.1, 0.15) is 47.2 Å². The second-order valence-corrected chi connectivity index (χ2v) is 9.05. The fourth-order valence-electron chi connectivity index (χ4n) is 3.32. The normalized spacial score (nSPS) is 16.2. The third-order valence-corrected chi connectivity index (χ3v) is 6.99. The molecule has 2 aromatic carbocycles. The van der Waals surface area contributed by atoms with E-state index in [0.29, 0.717) is 25.2 Å². The standard InChI is InChI=1S/C21H26N2O3S/c1-16-10-11-19(27(25,26)23-12-6-7-13-23)14-20(16)21(24)22-15-17(2)18-8-4-3-5-9-18/h3-5,8-11,14,17H,6-7,12-13,15H2,1-2H3,(H,22,24)/t17-/m1/s1. The summed E-state index contributed by atoms with van der Waals surface area (Å²) >= 11 is 0. The van der Waals surface area contributed by atoms with E-state index in [2.05, 4.69) is 12.2 Å². The van der Waals surface area contributed by atoms with Crippen LogP contribution >= 0.6 is 0 Å². The predicted molar refractivity (Wildman–Crippen MR) is 106 cm³/mol. The topological polar surface area (TPSA) is 66.5 Å². The van der Waals surface area contributed by atoms with Gasteiger partial charge in [-0.3, -0.25) is 4.79 Å². The van der Waals surface area contributed by atoms with E-state index in [9.17, 15) is 13.2 Å². The Kier molecular flexibility index (Phi) is 5.97. The van der Waals surface area contributed by atoms with Gasteiger partial charge >= 0.3 is 0 Å². The minimum atomic E-state index is -3.53. The van der Waals surface area contributed by atoms with Crippen molar-refractivity contribution in [2.24, 2.45) is 0 Å². The van der Waals surface area contributed by atoms with E-state index < -0.39 is 10.0 Å². The molecule has 2 aromatic rings. The molecule has 0 unspecified atom stereocenters. The zero-order valence-electron chi connectivity index (χ0n) is 15.8. The first-order valence-electron chi connectivity index (χ1n) is 9.33. The third kappa shape index (κ3) is 4.39. The highest BCUT2D eigenvalue weighted by Gasteiger charge is 2.28. The van der Waals surface area contributed by atoms with Crippen molar-refractivity contribution in [1.29, 1.82) is 0 Å². The largest absolute Gasteiger partial charge is 0.351 e. The minimum absolute atomic E-state index is 0.173. The first-order chi connectivity index (χ1) is 12.9. The van der Waals surface area contributed by atoms with Gasteiger partial charge in [0, 0.05) is 25.2 Å². The minimum Gasteiger partial charge on any atom is -0.351 e. The van der Waals surface area contributed by atoms with Crippen LogP contribution in [-0.4, -0.2) is 38.3 Å². The lowest BCUT2D eigenvalue weighted by Crippen LogP contribution is -2.30. The molecule has 0 bridgehead atoms. The Bertz CT molecular complexity index is 904. The van der Waals surface area contributed by atoms with E-state index in [4.69, 9.17) is 0 Å². The van der Waals surface area contributed by atoms with E-state index in [-0.39, 0.29) is 16.7 Å². The van der Waals surface area contributed by atoms with Gasteiger partial charge in [0.15, 0.2) is 0 Å². The Balaban J connectivity index is 1.75. The summed E-state index contributed by atoms with van der Waals surface area (Å²) in [4.78, 5) is 12.9. The number of carbonyl (C=O) groups is 1. The molecule has 0 spiro atoms. The SMILES string of the molecule is Cc1ccc(S(=O)(=O)N2CCCC2)cc1C(=O)NC[C@@H](C)c1ccccc1. The second kappa shape index (κ2) is 8.23. The number of nitrogens with zero attached hydrogens (tertiary/aromatic N) is 1. The molecule has 1 aliphatic heterocycles. The summed E-state index contributed by atoms with van der Waals surface area (Å²) in [6.45, 7) is 5.46.